The summed E-state index contributed by atoms with van der Waals surface area (Å²) in [5.41, 5.74) is 5.33. The molecule has 1 fully saturated rings. The lowest BCUT2D eigenvalue weighted by Gasteiger charge is -2.37. The Morgan fingerprint density at radius 3 is 2.67 bits per heavy atom. The number of carbonyl (C=O) groups excluding carboxylic acids is 2. The minimum Gasteiger partial charge on any atom is -0.469 e. The van der Waals surface area contributed by atoms with E-state index in [4.69, 9.17) is 5.73 Å². The van der Waals surface area contributed by atoms with Crippen LogP contribution in [0.1, 0.15) is 32.1 Å². The second kappa shape index (κ2) is 9.92. The lowest BCUT2D eigenvalue weighted by Crippen LogP contribution is -2.53. The number of hydrogen-bond acceptors (Lipinski definition) is 6. The van der Waals surface area contributed by atoms with E-state index >= 15 is 0 Å². The third kappa shape index (κ3) is 6.00. The van der Waals surface area contributed by atoms with Gasteiger partial charge in [-0.25, -0.2) is 0 Å². The van der Waals surface area contributed by atoms with Crippen molar-refractivity contribution in [3.05, 3.63) is 0 Å². The number of methoxy groups -OCH3 is 1. The molecule has 24 heavy (non-hydrogen) atoms. The minimum absolute atomic E-state index is 0.00201. The van der Waals surface area contributed by atoms with Crippen molar-refractivity contribution in [2.24, 2.45) is 5.73 Å². The Morgan fingerprint density at radius 1 is 1.33 bits per heavy atom. The van der Waals surface area contributed by atoms with Gasteiger partial charge in [0, 0.05) is 45.7 Å². The van der Waals surface area contributed by atoms with E-state index in [0.717, 1.165) is 17.1 Å². The molecule has 1 saturated heterocycles. The van der Waals surface area contributed by atoms with Gasteiger partial charge in [-0.05, 0) is 12.8 Å². The number of ether oxygens (including phenoxy) is 1. The molecule has 1 aliphatic heterocycles. The van der Waals surface area contributed by atoms with Gasteiger partial charge in [-0.2, -0.15) is 17.0 Å². The predicted octanol–water partition coefficient (Wildman–Crippen LogP) is -0.954. The topological polar surface area (TPSA) is 122 Å². The minimum atomic E-state index is -3.69. The van der Waals surface area contributed by atoms with Crippen LogP contribution in [0.25, 0.3) is 0 Å². The van der Waals surface area contributed by atoms with Crippen LogP contribution in [0.5, 0.6) is 0 Å². The summed E-state index contributed by atoms with van der Waals surface area (Å²) < 4.78 is 32.6. The van der Waals surface area contributed by atoms with E-state index in [1.54, 1.807) is 0 Å². The number of carbonyl (C=O) groups is 2. The lowest BCUT2D eigenvalue weighted by molar-refractivity contribution is -0.140. The quantitative estimate of drug-likeness (QED) is 0.509. The third-order valence-corrected chi connectivity index (χ3v) is 6.07. The molecule has 1 rings (SSSR count). The van der Waals surface area contributed by atoms with Crippen LogP contribution in [0.4, 0.5) is 0 Å². The van der Waals surface area contributed by atoms with Crippen molar-refractivity contribution < 1.29 is 22.7 Å². The van der Waals surface area contributed by atoms with Crippen LogP contribution in [0.15, 0.2) is 0 Å². The fourth-order valence-electron chi connectivity index (χ4n) is 2.58. The van der Waals surface area contributed by atoms with E-state index in [0.29, 0.717) is 13.0 Å². The summed E-state index contributed by atoms with van der Waals surface area (Å²) in [4.78, 5) is 22.8. The SMILES string of the molecule is COC(=O)CCN(C)S(=O)(=O)N1CCCCC1CNC(=O)CCN. The Kier molecular flexibility index (Phi) is 8.60. The molecule has 0 aromatic heterocycles. The van der Waals surface area contributed by atoms with Crippen LogP contribution in [-0.4, -0.2) is 75.3 Å². The number of nitrogens with zero attached hydrogens (tertiary/aromatic N) is 2. The highest BCUT2D eigenvalue weighted by molar-refractivity contribution is 7.86. The fraction of sp³-hybridized carbons (Fsp3) is 0.857. The van der Waals surface area contributed by atoms with E-state index in [1.807, 2.05) is 0 Å². The monoisotopic (exact) mass is 364 g/mol. The summed E-state index contributed by atoms with van der Waals surface area (Å²) >= 11 is 0. The Labute approximate surface area is 143 Å². The highest BCUT2D eigenvalue weighted by Gasteiger charge is 2.35. The molecular formula is C14H28N4O5S. The van der Waals surface area contributed by atoms with Crippen molar-refractivity contribution in [3.63, 3.8) is 0 Å². The first kappa shape index (κ1) is 20.8. The van der Waals surface area contributed by atoms with Crippen LogP contribution in [0, 0.1) is 0 Å². The highest BCUT2D eigenvalue weighted by Crippen LogP contribution is 2.22. The molecule has 3 N–H and O–H groups in total. The number of nitrogens with one attached hydrogen (secondary N) is 1. The molecule has 1 unspecified atom stereocenters. The zero-order valence-electron chi connectivity index (χ0n) is 14.4. The standard InChI is InChI=1S/C14H28N4O5S/c1-17(10-7-14(20)23-2)24(21,22)18-9-4-3-5-12(18)11-16-13(19)6-8-15/h12H,3-11,15H2,1-2H3,(H,16,19). The van der Waals surface area contributed by atoms with Gasteiger partial charge in [0.15, 0.2) is 0 Å². The normalized spacial score (nSPS) is 19.2. The largest absolute Gasteiger partial charge is 0.469 e. The highest BCUT2D eigenvalue weighted by atomic mass is 32.2. The van der Waals surface area contributed by atoms with E-state index in [1.165, 1.54) is 18.5 Å². The molecule has 0 radical (unpaired) electrons. The second-order valence-electron chi connectivity index (χ2n) is 5.76. The summed E-state index contributed by atoms with van der Waals surface area (Å²) in [6.45, 7) is 0.984. The molecule has 0 bridgehead atoms. The maximum Gasteiger partial charge on any atom is 0.306 e. The van der Waals surface area contributed by atoms with Gasteiger partial charge < -0.3 is 15.8 Å². The zero-order valence-corrected chi connectivity index (χ0v) is 15.2. The van der Waals surface area contributed by atoms with Crippen LogP contribution in [0.2, 0.25) is 0 Å². The average Bonchev–Trinajstić information content (AvgIpc) is 2.57. The molecule has 0 aromatic rings. The molecule has 0 aromatic carbocycles. The summed E-state index contributed by atoms with van der Waals surface area (Å²) in [5, 5.41) is 2.74. The van der Waals surface area contributed by atoms with Crippen LogP contribution >= 0.6 is 0 Å². The number of piperidine rings is 1. The molecule has 1 atom stereocenters. The molecule has 0 aliphatic carbocycles. The molecule has 1 aliphatic rings. The van der Waals surface area contributed by atoms with Gasteiger partial charge in [-0.3, -0.25) is 9.59 Å². The van der Waals surface area contributed by atoms with Crippen molar-refractivity contribution in [2.75, 3.05) is 40.3 Å². The van der Waals surface area contributed by atoms with Gasteiger partial charge in [-0.15, -0.1) is 0 Å². The Morgan fingerprint density at radius 2 is 2.04 bits per heavy atom. The number of rotatable bonds is 9. The number of esters is 1. The number of amides is 1. The van der Waals surface area contributed by atoms with Gasteiger partial charge in [-0.1, -0.05) is 6.42 Å². The molecule has 1 amide bonds. The molecule has 0 spiro atoms. The first-order chi connectivity index (χ1) is 11.3. The van der Waals surface area contributed by atoms with Gasteiger partial charge in [0.25, 0.3) is 10.2 Å². The van der Waals surface area contributed by atoms with E-state index in [2.05, 4.69) is 10.1 Å². The lowest BCUT2D eigenvalue weighted by atomic mass is 10.1. The van der Waals surface area contributed by atoms with Crippen molar-refractivity contribution in [3.8, 4) is 0 Å². The van der Waals surface area contributed by atoms with Gasteiger partial charge in [0.05, 0.1) is 13.5 Å². The van der Waals surface area contributed by atoms with E-state index in [9.17, 15) is 18.0 Å². The van der Waals surface area contributed by atoms with Gasteiger partial charge >= 0.3 is 5.97 Å². The third-order valence-electron chi connectivity index (χ3n) is 4.03. The Hall–Kier alpha value is -1.23. The fourth-order valence-corrected chi connectivity index (χ4v) is 4.17. The number of hydrogen-bond donors (Lipinski definition) is 2. The molecule has 140 valence electrons. The second-order valence-corrected chi connectivity index (χ2v) is 7.75. The molecule has 0 saturated carbocycles. The zero-order chi connectivity index (χ0) is 18.2. The predicted molar refractivity (Wildman–Crippen MR) is 89.2 cm³/mol. The Balaban J connectivity index is 2.70. The molecule has 9 nitrogen and oxygen atoms in total. The first-order valence-electron chi connectivity index (χ1n) is 8.09. The first-order valence-corrected chi connectivity index (χ1v) is 9.49. The molecule has 1 heterocycles. The maximum absolute atomic E-state index is 12.7. The van der Waals surface area contributed by atoms with Crippen molar-refractivity contribution in [1.29, 1.82) is 0 Å². The summed E-state index contributed by atoms with van der Waals surface area (Å²) in [5.74, 6) is -0.638. The van der Waals surface area contributed by atoms with Crippen molar-refractivity contribution in [2.45, 2.75) is 38.1 Å². The molecule has 10 heteroatoms. The summed E-state index contributed by atoms with van der Waals surface area (Å²) in [6, 6.07) is -0.286. The Bertz CT molecular complexity index is 525. The summed E-state index contributed by atoms with van der Waals surface area (Å²) in [7, 11) is -0.986. The molecular weight excluding hydrogens is 336 g/mol. The van der Waals surface area contributed by atoms with Crippen LogP contribution in [-0.2, 0) is 24.5 Å². The van der Waals surface area contributed by atoms with Crippen LogP contribution < -0.4 is 11.1 Å². The summed E-state index contributed by atoms with van der Waals surface area (Å²) in [6.07, 6.45) is 2.59. The van der Waals surface area contributed by atoms with E-state index in [-0.39, 0.29) is 44.4 Å². The van der Waals surface area contributed by atoms with Gasteiger partial charge in [0.2, 0.25) is 5.91 Å². The van der Waals surface area contributed by atoms with Crippen LogP contribution in [0.3, 0.4) is 0 Å². The average molecular weight is 364 g/mol. The van der Waals surface area contributed by atoms with Crippen molar-refractivity contribution >= 4 is 22.1 Å². The van der Waals surface area contributed by atoms with E-state index < -0.39 is 16.2 Å². The smallest absolute Gasteiger partial charge is 0.306 e. The maximum atomic E-state index is 12.7. The van der Waals surface area contributed by atoms with Gasteiger partial charge in [0.1, 0.15) is 0 Å². The number of nitrogens with two attached hydrogens (primary N) is 1. The van der Waals surface area contributed by atoms with Crippen molar-refractivity contribution in [1.82, 2.24) is 13.9 Å².